The average molecular weight is 1760 g/mol. The molecule has 26 heteroatoms. The van der Waals surface area contributed by atoms with E-state index in [9.17, 15) is 64.2 Å². The summed E-state index contributed by atoms with van der Waals surface area (Å²) >= 11 is 0. The molecule has 0 spiro atoms. The van der Waals surface area contributed by atoms with E-state index in [0.29, 0.717) is 16.7 Å². The van der Waals surface area contributed by atoms with Gasteiger partial charge in [0.15, 0.2) is 17.7 Å². The topological polar surface area (TPSA) is 365 Å². The minimum absolute atomic E-state index is 0.0369. The molecular formula is C101H126N2O23Si. The van der Waals surface area contributed by atoms with Crippen molar-refractivity contribution >= 4 is 66.3 Å². The monoisotopic (exact) mass is 1760 g/mol. The summed E-state index contributed by atoms with van der Waals surface area (Å²) < 4.78 is 57.1. The van der Waals surface area contributed by atoms with Crippen LogP contribution in [0.1, 0.15) is 208 Å². The summed E-state index contributed by atoms with van der Waals surface area (Å²) in [4.78, 5) is 115. The van der Waals surface area contributed by atoms with Crippen LogP contribution < -0.4 is 21.0 Å². The van der Waals surface area contributed by atoms with Gasteiger partial charge in [0.1, 0.15) is 59.0 Å². The normalized spacial score (nSPS) is 32.1. The van der Waals surface area contributed by atoms with Crippen molar-refractivity contribution in [2.45, 2.75) is 271 Å². The molecule has 8 aliphatic rings. The summed E-state index contributed by atoms with van der Waals surface area (Å²) in [6, 6.07) is 52.0. The summed E-state index contributed by atoms with van der Waals surface area (Å²) in [7, 11) is -3.45. The number of aliphatic hydroxyl groups is 6. The van der Waals surface area contributed by atoms with Crippen LogP contribution >= 0.6 is 0 Å². The van der Waals surface area contributed by atoms with E-state index in [4.69, 9.17) is 42.3 Å². The first kappa shape index (κ1) is 95.0. The molecule has 682 valence electrons. The summed E-state index contributed by atoms with van der Waals surface area (Å²) in [5, 5.41) is 82.9. The molecule has 2 aliphatic heterocycles. The molecule has 0 unspecified atom stereocenters. The number of aliphatic hydroxyl groups excluding tert-OH is 4. The number of hydrogen-bond donors (Lipinski definition) is 8. The molecule has 8 N–H and O–H groups in total. The van der Waals surface area contributed by atoms with Gasteiger partial charge in [0, 0.05) is 59.2 Å². The van der Waals surface area contributed by atoms with Gasteiger partial charge in [-0.3, -0.25) is 14.4 Å². The maximum atomic E-state index is 16.3. The van der Waals surface area contributed by atoms with Crippen molar-refractivity contribution in [2.24, 2.45) is 50.2 Å². The van der Waals surface area contributed by atoms with Crippen LogP contribution in [0.2, 0.25) is 5.04 Å². The van der Waals surface area contributed by atoms with E-state index in [1.807, 2.05) is 63.2 Å². The van der Waals surface area contributed by atoms with E-state index >= 15 is 4.79 Å². The first-order chi connectivity index (χ1) is 59.3. The second kappa shape index (κ2) is 34.7. The van der Waals surface area contributed by atoms with E-state index in [1.165, 1.54) is 0 Å². The van der Waals surface area contributed by atoms with Crippen LogP contribution in [-0.4, -0.2) is 189 Å². The van der Waals surface area contributed by atoms with Crippen LogP contribution in [0.15, 0.2) is 204 Å². The van der Waals surface area contributed by atoms with Crippen molar-refractivity contribution in [1.29, 1.82) is 0 Å². The van der Waals surface area contributed by atoms with E-state index < -0.39 is 213 Å². The van der Waals surface area contributed by atoms with E-state index in [2.05, 4.69) is 55.7 Å². The number of ketones is 2. The molecule has 2 amide bonds. The third-order valence-corrected chi connectivity index (χ3v) is 34.4. The van der Waals surface area contributed by atoms with Crippen molar-refractivity contribution in [1.82, 2.24) is 10.6 Å². The van der Waals surface area contributed by atoms with Crippen molar-refractivity contribution in [3.8, 4) is 0 Å². The van der Waals surface area contributed by atoms with Crippen molar-refractivity contribution in [3.05, 3.63) is 227 Å². The number of nitrogens with one attached hydrogen (secondary N) is 2. The van der Waals surface area contributed by atoms with Gasteiger partial charge in [-0.2, -0.15) is 0 Å². The Bertz CT molecular complexity index is 5130. The van der Waals surface area contributed by atoms with Crippen molar-refractivity contribution < 1.29 is 111 Å². The zero-order valence-electron chi connectivity index (χ0n) is 76.4. The molecule has 6 aromatic rings. The number of carbonyl (C=O) groups excluding carboxylic acids is 8. The largest absolute Gasteiger partial charge is 0.457 e. The molecule has 22 atom stereocenters. The Labute approximate surface area is 745 Å². The number of alkyl carbamates (subject to hydrolysis) is 2. The number of rotatable bonds is 18. The highest BCUT2D eigenvalue weighted by molar-refractivity contribution is 6.99. The van der Waals surface area contributed by atoms with Gasteiger partial charge < -0.3 is 83.6 Å². The molecule has 2 saturated heterocycles. The molecule has 4 bridgehead atoms. The molecule has 127 heavy (non-hydrogen) atoms. The third kappa shape index (κ3) is 16.7. The van der Waals surface area contributed by atoms with Crippen LogP contribution in [0.4, 0.5) is 9.59 Å². The Morgan fingerprint density at radius 1 is 0.472 bits per heavy atom. The van der Waals surface area contributed by atoms with Gasteiger partial charge in [-0.15, -0.1) is 0 Å². The Hall–Kier alpha value is -9.58. The molecule has 14 rings (SSSR count). The summed E-state index contributed by atoms with van der Waals surface area (Å²) in [6.45, 7) is 35.9. The second-order valence-electron chi connectivity index (χ2n) is 41.2. The summed E-state index contributed by atoms with van der Waals surface area (Å²) in [5.41, 5.74) is -11.8. The Kier molecular flexibility index (Phi) is 26.0. The number of carbonyl (C=O) groups is 8. The maximum Gasteiger partial charge on any atom is 0.408 e. The van der Waals surface area contributed by atoms with Gasteiger partial charge in [-0.05, 0) is 149 Å². The van der Waals surface area contributed by atoms with Gasteiger partial charge in [-0.25, -0.2) is 24.0 Å². The van der Waals surface area contributed by atoms with E-state index in [0.717, 1.165) is 10.4 Å². The molecular weight excluding hydrogens is 1640 g/mol. The third-order valence-electron chi connectivity index (χ3n) is 29.4. The standard InChI is InChI=1S/C59H73NO11Si.C42H53NO12/c1-36-42(68-51(63)37(2)46(38-25-17-13-18-26-38)60-53(65)70-54(3,4)5)34-59(66)50(69-52(64)39-27-19-14-20-28-39)48-57(11)35-67-43(57)33-44(58(48,12)49(62)47(61)45(36)56(59,9)10)71-72(55(6,7)8,40-29-21-15-22-30-40)41-31-23-16-24-32-41;1-22-25(53-36(49)31(46)29(23-15-11-9-12-16-23)43-37(50)55-38(2,3)4)20-42(51)34(54-35(48)24-17-13-10-14-18-24)32-40(7)21-52-27(40)19-26(44)41(32,8)33(47)30(45)28(22)39(42,5)6/h13-32,37,42-44,46-48,50,61,66H,33-35H2,1-12H3,(H,60,65);9-18,25-27,29-32,34,44-46,51H,19-21H2,1-8H3,(H,43,50)/t37-,42+,43-,44+,46-,47-,48-,50+,57-,58-,59-;25-,26-,27+,29-,30+,31+,32+,34-,40+,41+,42+/m10/s1. The molecule has 25 nitrogen and oxygen atoms in total. The smallest absolute Gasteiger partial charge is 0.408 e. The van der Waals surface area contributed by atoms with Crippen molar-refractivity contribution in [2.75, 3.05) is 13.2 Å². The van der Waals surface area contributed by atoms with Crippen LogP contribution in [0, 0.1) is 50.2 Å². The Balaban J connectivity index is 0.000000225. The zero-order valence-corrected chi connectivity index (χ0v) is 77.4. The Morgan fingerprint density at radius 3 is 1.20 bits per heavy atom. The van der Waals surface area contributed by atoms with Gasteiger partial charge in [0.05, 0.1) is 77.6 Å². The molecule has 0 aromatic heterocycles. The SMILES string of the molecule is CC1=C2[C@@H](O)C(=O)[C@@]3(C)[C@H]([C@H](OC(=O)c4ccccc4)[C@](O)(C[C@@H]1OC(=O)[C@H](O)[C@@H](NC(=O)OC(C)(C)C)c1ccccc1)C2(C)C)[C@]1(C)CO[C@@H]1C[C@@H]3O.CC1=C2[C@@H](O)C(=O)[C@]3(C)[C@@H](O[Si](c4ccccc4)(c4ccccc4)C(C)(C)C)C[C@H]4OC[C@@]4(C)[C@H]3[C@H](OC(=O)c3ccccc3)[C@](O)(C[C@@H]1OC(=O)[C@H](C)[C@@H](NC(=O)OC(C)(C)C)c1ccccc1)C2(C)C. The average Bonchev–Trinajstić information content (AvgIpc) is 0.672. The lowest BCUT2D eigenvalue weighted by Gasteiger charge is -2.69. The second-order valence-corrected chi connectivity index (χ2v) is 45.4. The highest BCUT2D eigenvalue weighted by Gasteiger charge is 2.78. The number of benzene rings is 6. The van der Waals surface area contributed by atoms with Crippen molar-refractivity contribution in [3.63, 3.8) is 0 Å². The van der Waals surface area contributed by atoms with E-state index in [-0.39, 0.29) is 66.7 Å². The molecule has 4 saturated carbocycles. The number of hydrogen-bond acceptors (Lipinski definition) is 23. The fourth-order valence-corrected chi connectivity index (χ4v) is 27.2. The van der Waals surface area contributed by atoms with Gasteiger partial charge in [0.2, 0.25) is 0 Å². The first-order valence-corrected chi connectivity index (χ1v) is 45.9. The predicted molar refractivity (Wildman–Crippen MR) is 474 cm³/mol. The van der Waals surface area contributed by atoms with Crippen LogP contribution in [0.25, 0.3) is 0 Å². The summed E-state index contributed by atoms with van der Waals surface area (Å²) in [6.07, 6.45) is -16.4. The minimum atomic E-state index is -3.45. The number of ether oxygens (including phenoxy) is 8. The molecule has 6 aromatic carbocycles. The molecule has 2 heterocycles. The fraction of sp³-hybridized carbons (Fsp3) is 0.525. The molecule has 6 aliphatic carbocycles. The first-order valence-electron chi connectivity index (χ1n) is 44.0. The lowest BCUT2D eigenvalue weighted by Crippen LogP contribution is -2.79. The maximum absolute atomic E-state index is 16.3. The molecule has 6 fully saturated rings. The van der Waals surface area contributed by atoms with Crippen LogP contribution in [0.5, 0.6) is 0 Å². The highest BCUT2D eigenvalue weighted by atomic mass is 28.4. The van der Waals surface area contributed by atoms with Gasteiger partial charge in [0.25, 0.3) is 8.32 Å². The predicted octanol–water partition coefficient (Wildman–Crippen LogP) is 12.8. The highest BCUT2D eigenvalue weighted by Crippen LogP contribution is 2.69. The van der Waals surface area contributed by atoms with Crippen LogP contribution in [-0.2, 0) is 61.5 Å². The van der Waals surface area contributed by atoms with Gasteiger partial charge >= 0.3 is 36.1 Å². The Morgan fingerprint density at radius 2 is 0.819 bits per heavy atom. The lowest BCUT2D eigenvalue weighted by atomic mass is 9.42. The number of esters is 4. The zero-order chi connectivity index (χ0) is 92.9. The fourth-order valence-electron chi connectivity index (χ4n) is 22.4. The number of amides is 2. The van der Waals surface area contributed by atoms with Gasteiger partial charge in [-0.1, -0.05) is 220 Å². The number of fused-ring (bicyclic) bond motifs is 10. The molecule has 0 radical (unpaired) electrons. The quantitative estimate of drug-likeness (QED) is 0.0171. The number of Topliss-reactive ketones (excluding diaryl/α,β-unsaturated/α-hetero) is 2. The van der Waals surface area contributed by atoms with Crippen LogP contribution in [0.3, 0.4) is 0 Å². The lowest BCUT2D eigenvalue weighted by molar-refractivity contribution is -0.313. The summed E-state index contributed by atoms with van der Waals surface area (Å²) in [5.74, 6) is -7.80. The van der Waals surface area contributed by atoms with E-state index in [1.54, 1.807) is 212 Å². The minimum Gasteiger partial charge on any atom is -0.457 e.